The first kappa shape index (κ1) is 22.6. The summed E-state index contributed by atoms with van der Waals surface area (Å²) in [5.74, 6) is 0.138. The molecule has 0 atom stereocenters. The van der Waals surface area contributed by atoms with E-state index in [2.05, 4.69) is 32.2 Å². The Kier molecular flexibility index (Phi) is 9.08. The molecule has 30 heavy (non-hydrogen) atoms. The standard InChI is InChI=1S/C20H25N7O3/c1-3-4-11-27(14-15-5-7-16(8-6-15)19(28)30-2)20(29)25-17-12-22-18(23-13-17)9-10-24-26-21/h5-8,12-13H,3-4,9-11,14H2,1-2H3,(H,25,29). The predicted molar refractivity (Wildman–Crippen MR) is 112 cm³/mol. The molecular weight excluding hydrogens is 386 g/mol. The third-order valence-electron chi connectivity index (χ3n) is 4.27. The number of methoxy groups -OCH3 is 1. The van der Waals surface area contributed by atoms with Gasteiger partial charge in [-0.1, -0.05) is 30.6 Å². The van der Waals surface area contributed by atoms with Gasteiger partial charge in [0.1, 0.15) is 5.82 Å². The molecule has 1 N–H and O–H groups in total. The van der Waals surface area contributed by atoms with Crippen LogP contribution in [0.5, 0.6) is 0 Å². The first-order valence-corrected chi connectivity index (χ1v) is 9.62. The van der Waals surface area contributed by atoms with Gasteiger partial charge in [0.2, 0.25) is 0 Å². The molecule has 1 heterocycles. The van der Waals surface area contributed by atoms with E-state index in [1.165, 1.54) is 19.5 Å². The molecule has 1 aromatic heterocycles. The summed E-state index contributed by atoms with van der Waals surface area (Å²) in [5, 5.41) is 6.26. The molecule has 0 aliphatic carbocycles. The van der Waals surface area contributed by atoms with E-state index < -0.39 is 5.97 Å². The average molecular weight is 411 g/mol. The molecule has 0 aliphatic heterocycles. The zero-order valence-corrected chi connectivity index (χ0v) is 17.1. The first-order valence-electron chi connectivity index (χ1n) is 9.62. The topological polar surface area (TPSA) is 133 Å². The van der Waals surface area contributed by atoms with Crippen LogP contribution in [0.4, 0.5) is 10.5 Å². The van der Waals surface area contributed by atoms with Gasteiger partial charge in [-0.2, -0.15) is 0 Å². The molecule has 2 aromatic rings. The minimum absolute atomic E-state index is 0.258. The summed E-state index contributed by atoms with van der Waals surface area (Å²) in [5.41, 5.74) is 10.1. The van der Waals surface area contributed by atoms with E-state index in [4.69, 9.17) is 10.3 Å². The number of aromatic nitrogens is 2. The number of esters is 1. The number of carbonyl (C=O) groups is 2. The van der Waals surface area contributed by atoms with Crippen LogP contribution >= 0.6 is 0 Å². The summed E-state index contributed by atoms with van der Waals surface area (Å²) in [4.78, 5) is 37.1. The van der Waals surface area contributed by atoms with Crippen LogP contribution in [0.25, 0.3) is 10.4 Å². The Morgan fingerprint density at radius 2 is 1.93 bits per heavy atom. The largest absolute Gasteiger partial charge is 0.465 e. The van der Waals surface area contributed by atoms with Crippen molar-refractivity contribution in [3.8, 4) is 0 Å². The molecule has 2 rings (SSSR count). The number of ether oxygens (including phenoxy) is 1. The molecule has 0 radical (unpaired) electrons. The Balaban J connectivity index is 2.02. The number of hydrogen-bond donors (Lipinski definition) is 1. The molecule has 0 saturated heterocycles. The zero-order chi connectivity index (χ0) is 21.8. The molecule has 10 nitrogen and oxygen atoms in total. The lowest BCUT2D eigenvalue weighted by Gasteiger charge is -2.23. The van der Waals surface area contributed by atoms with Gasteiger partial charge in [-0.3, -0.25) is 0 Å². The van der Waals surface area contributed by atoms with E-state index in [-0.39, 0.29) is 12.6 Å². The van der Waals surface area contributed by atoms with Crippen molar-refractivity contribution in [1.82, 2.24) is 14.9 Å². The lowest BCUT2D eigenvalue weighted by molar-refractivity contribution is 0.0600. The second kappa shape index (κ2) is 12.0. The number of azide groups is 1. The van der Waals surface area contributed by atoms with Crippen molar-refractivity contribution in [3.63, 3.8) is 0 Å². The van der Waals surface area contributed by atoms with E-state index in [0.717, 1.165) is 18.4 Å². The van der Waals surface area contributed by atoms with Crippen LogP contribution in [0.3, 0.4) is 0 Å². The Labute approximate surface area is 174 Å². The minimum Gasteiger partial charge on any atom is -0.465 e. The van der Waals surface area contributed by atoms with E-state index in [0.29, 0.717) is 36.6 Å². The summed E-state index contributed by atoms with van der Waals surface area (Å²) in [6, 6.07) is 6.71. The third kappa shape index (κ3) is 7.06. The summed E-state index contributed by atoms with van der Waals surface area (Å²) in [7, 11) is 1.34. The number of nitrogens with one attached hydrogen (secondary N) is 1. The van der Waals surface area contributed by atoms with Gasteiger partial charge >= 0.3 is 12.0 Å². The number of anilines is 1. The quantitative estimate of drug-likeness (QED) is 0.273. The Bertz CT molecular complexity index is 878. The van der Waals surface area contributed by atoms with Gasteiger partial charge in [0.05, 0.1) is 30.8 Å². The fourth-order valence-corrected chi connectivity index (χ4v) is 2.63. The van der Waals surface area contributed by atoms with Gasteiger partial charge < -0.3 is 15.0 Å². The number of urea groups is 1. The van der Waals surface area contributed by atoms with Crippen LogP contribution in [-0.4, -0.2) is 47.1 Å². The Hall–Kier alpha value is -3.65. The maximum Gasteiger partial charge on any atom is 0.337 e. The Morgan fingerprint density at radius 1 is 1.23 bits per heavy atom. The third-order valence-corrected chi connectivity index (χ3v) is 4.27. The minimum atomic E-state index is -0.398. The monoisotopic (exact) mass is 411 g/mol. The van der Waals surface area contributed by atoms with E-state index in [1.807, 2.05) is 0 Å². The normalized spacial score (nSPS) is 10.1. The Morgan fingerprint density at radius 3 is 2.53 bits per heavy atom. The van der Waals surface area contributed by atoms with Crippen LogP contribution in [-0.2, 0) is 17.7 Å². The number of nitrogens with zero attached hydrogens (tertiary/aromatic N) is 6. The lowest BCUT2D eigenvalue weighted by atomic mass is 10.1. The molecule has 1 aromatic carbocycles. The van der Waals surface area contributed by atoms with Crippen LogP contribution in [0.15, 0.2) is 41.8 Å². The van der Waals surface area contributed by atoms with Crippen molar-refractivity contribution in [2.24, 2.45) is 5.11 Å². The van der Waals surface area contributed by atoms with E-state index in [9.17, 15) is 9.59 Å². The fourth-order valence-electron chi connectivity index (χ4n) is 2.63. The first-order chi connectivity index (χ1) is 14.6. The van der Waals surface area contributed by atoms with Crippen LogP contribution in [0, 0.1) is 0 Å². The smallest absolute Gasteiger partial charge is 0.337 e. The zero-order valence-electron chi connectivity index (χ0n) is 17.1. The number of hydrogen-bond acceptors (Lipinski definition) is 6. The van der Waals surface area contributed by atoms with Gasteiger partial charge in [-0.05, 0) is 29.6 Å². The van der Waals surface area contributed by atoms with Gasteiger partial charge in [-0.25, -0.2) is 19.6 Å². The average Bonchev–Trinajstić information content (AvgIpc) is 2.77. The summed E-state index contributed by atoms with van der Waals surface area (Å²) in [6.07, 6.45) is 5.30. The van der Waals surface area contributed by atoms with E-state index >= 15 is 0 Å². The molecule has 2 amide bonds. The number of unbranched alkanes of at least 4 members (excludes halogenated alkanes) is 1. The van der Waals surface area contributed by atoms with Crippen LogP contribution in [0.1, 0.15) is 41.5 Å². The van der Waals surface area contributed by atoms with E-state index in [1.54, 1.807) is 29.2 Å². The van der Waals surface area contributed by atoms with Gasteiger partial charge in [0.25, 0.3) is 0 Å². The lowest BCUT2D eigenvalue weighted by Crippen LogP contribution is -2.35. The summed E-state index contributed by atoms with van der Waals surface area (Å²) < 4.78 is 4.70. The highest BCUT2D eigenvalue weighted by atomic mass is 16.5. The molecular formula is C20H25N7O3. The summed E-state index contributed by atoms with van der Waals surface area (Å²) >= 11 is 0. The molecule has 0 aliphatic rings. The number of amides is 2. The SMILES string of the molecule is CCCCN(Cc1ccc(C(=O)OC)cc1)C(=O)Nc1cnc(CCN=[N+]=[N-])nc1. The predicted octanol–water partition coefficient (Wildman–Crippen LogP) is 3.95. The molecule has 0 bridgehead atoms. The van der Waals surface area contributed by atoms with Crippen molar-refractivity contribution < 1.29 is 14.3 Å². The van der Waals surface area contributed by atoms with Crippen molar-refractivity contribution in [2.75, 3.05) is 25.5 Å². The maximum absolute atomic E-state index is 12.8. The number of benzene rings is 1. The molecule has 0 unspecified atom stereocenters. The van der Waals surface area contributed by atoms with Gasteiger partial charge in [0.15, 0.2) is 0 Å². The highest BCUT2D eigenvalue weighted by Crippen LogP contribution is 2.12. The molecule has 0 saturated carbocycles. The number of carbonyl (C=O) groups excluding carboxylic acids is 2. The summed E-state index contributed by atoms with van der Waals surface area (Å²) in [6.45, 7) is 3.33. The van der Waals surface area contributed by atoms with Gasteiger partial charge in [-0.15, -0.1) is 0 Å². The molecule has 158 valence electrons. The maximum atomic E-state index is 12.8. The second-order valence-corrected chi connectivity index (χ2v) is 6.49. The van der Waals surface area contributed by atoms with Gasteiger partial charge in [0, 0.05) is 31.0 Å². The van der Waals surface area contributed by atoms with Crippen molar-refractivity contribution in [2.45, 2.75) is 32.7 Å². The highest BCUT2D eigenvalue weighted by Gasteiger charge is 2.15. The fraction of sp³-hybridized carbons (Fsp3) is 0.400. The van der Waals surface area contributed by atoms with Crippen LogP contribution < -0.4 is 5.32 Å². The second-order valence-electron chi connectivity index (χ2n) is 6.49. The molecule has 0 spiro atoms. The molecule has 0 fully saturated rings. The van der Waals surface area contributed by atoms with Crippen LogP contribution in [0.2, 0.25) is 0 Å². The van der Waals surface area contributed by atoms with Crippen molar-refractivity contribution in [3.05, 3.63) is 64.1 Å². The number of rotatable bonds is 10. The highest BCUT2D eigenvalue weighted by molar-refractivity contribution is 5.90. The van der Waals surface area contributed by atoms with Crippen molar-refractivity contribution >= 4 is 17.7 Å². The van der Waals surface area contributed by atoms with Crippen molar-refractivity contribution in [1.29, 1.82) is 0 Å². The molecule has 10 heteroatoms.